The highest BCUT2D eigenvalue weighted by Crippen LogP contribution is 2.23. The lowest BCUT2D eigenvalue weighted by atomic mass is 9.90. The molecule has 0 saturated heterocycles. The van der Waals surface area contributed by atoms with Crippen LogP contribution in [-0.2, 0) is 9.53 Å². The van der Waals surface area contributed by atoms with E-state index in [1.165, 1.54) is 32.1 Å². The van der Waals surface area contributed by atoms with Gasteiger partial charge in [-0.3, -0.25) is 4.79 Å². The van der Waals surface area contributed by atoms with E-state index < -0.39 is 0 Å². The van der Waals surface area contributed by atoms with Crippen molar-refractivity contribution in [1.82, 2.24) is 0 Å². The number of hydrogen-bond donors (Lipinski definition) is 1. The first-order valence-corrected chi connectivity index (χ1v) is 7.18. The number of esters is 1. The molecule has 1 rings (SSSR count). The Morgan fingerprint density at radius 2 is 1.76 bits per heavy atom. The van der Waals surface area contributed by atoms with Crippen LogP contribution in [0.5, 0.6) is 0 Å². The molecule has 2 N–H and O–H groups in total. The normalized spacial score (nSPS) is 17.0. The minimum atomic E-state index is -0.0108. The summed E-state index contributed by atoms with van der Waals surface area (Å²) in [5, 5.41) is 0. The number of rotatable bonds is 8. The second-order valence-corrected chi connectivity index (χ2v) is 5.14. The van der Waals surface area contributed by atoms with Crippen LogP contribution < -0.4 is 5.73 Å². The zero-order valence-corrected chi connectivity index (χ0v) is 11.0. The van der Waals surface area contributed by atoms with Crippen LogP contribution in [0.3, 0.4) is 0 Å². The summed E-state index contributed by atoms with van der Waals surface area (Å²) in [6, 6.07) is 0. The molecule has 0 unspecified atom stereocenters. The van der Waals surface area contributed by atoms with Crippen molar-refractivity contribution in [2.24, 2.45) is 11.7 Å². The highest BCUT2D eigenvalue weighted by Gasteiger charge is 2.15. The Morgan fingerprint density at radius 1 is 1.06 bits per heavy atom. The molecule has 0 radical (unpaired) electrons. The van der Waals surface area contributed by atoms with Crippen molar-refractivity contribution in [2.75, 3.05) is 13.2 Å². The molecular weight excluding hydrogens is 214 g/mol. The van der Waals surface area contributed by atoms with Gasteiger partial charge in [0, 0.05) is 6.42 Å². The molecule has 1 aliphatic rings. The van der Waals surface area contributed by atoms with Gasteiger partial charge in [-0.25, -0.2) is 0 Å². The van der Waals surface area contributed by atoms with Crippen LogP contribution in [0, 0.1) is 5.92 Å². The van der Waals surface area contributed by atoms with Gasteiger partial charge in [0.15, 0.2) is 0 Å². The SMILES string of the molecule is NCCCCCCC(=O)OCC1CCCCC1. The average Bonchev–Trinajstić information content (AvgIpc) is 2.37. The van der Waals surface area contributed by atoms with E-state index >= 15 is 0 Å². The van der Waals surface area contributed by atoms with E-state index in [1.54, 1.807) is 0 Å². The van der Waals surface area contributed by atoms with E-state index in [0.29, 0.717) is 18.9 Å². The average molecular weight is 241 g/mol. The second kappa shape index (κ2) is 9.46. The number of ether oxygens (including phenoxy) is 1. The molecule has 0 amide bonds. The zero-order valence-electron chi connectivity index (χ0n) is 11.0. The molecule has 3 heteroatoms. The minimum Gasteiger partial charge on any atom is -0.465 e. The molecule has 1 saturated carbocycles. The summed E-state index contributed by atoms with van der Waals surface area (Å²) < 4.78 is 5.32. The first kappa shape index (κ1) is 14.5. The van der Waals surface area contributed by atoms with Crippen LogP contribution in [0.2, 0.25) is 0 Å². The van der Waals surface area contributed by atoms with E-state index in [0.717, 1.165) is 32.2 Å². The van der Waals surface area contributed by atoms with Gasteiger partial charge in [-0.2, -0.15) is 0 Å². The summed E-state index contributed by atoms with van der Waals surface area (Å²) in [5.74, 6) is 0.619. The summed E-state index contributed by atoms with van der Waals surface area (Å²) in [5.41, 5.74) is 5.41. The molecular formula is C14H27NO2. The lowest BCUT2D eigenvalue weighted by Gasteiger charge is -2.20. The Hall–Kier alpha value is -0.570. The lowest BCUT2D eigenvalue weighted by molar-refractivity contribution is -0.145. The Morgan fingerprint density at radius 3 is 2.47 bits per heavy atom. The summed E-state index contributed by atoms with van der Waals surface area (Å²) in [7, 11) is 0. The van der Waals surface area contributed by atoms with Crippen molar-refractivity contribution < 1.29 is 9.53 Å². The smallest absolute Gasteiger partial charge is 0.305 e. The maximum absolute atomic E-state index is 11.5. The van der Waals surface area contributed by atoms with Gasteiger partial charge in [-0.1, -0.05) is 32.1 Å². The fraction of sp³-hybridized carbons (Fsp3) is 0.929. The Labute approximate surface area is 105 Å². The zero-order chi connectivity index (χ0) is 12.3. The minimum absolute atomic E-state index is 0.0108. The molecule has 17 heavy (non-hydrogen) atoms. The van der Waals surface area contributed by atoms with Gasteiger partial charge < -0.3 is 10.5 Å². The Kier molecular flexibility index (Phi) is 8.06. The van der Waals surface area contributed by atoms with Gasteiger partial charge in [0.05, 0.1) is 6.61 Å². The molecule has 1 aliphatic carbocycles. The molecule has 3 nitrogen and oxygen atoms in total. The van der Waals surface area contributed by atoms with Crippen molar-refractivity contribution in [3.05, 3.63) is 0 Å². The lowest BCUT2D eigenvalue weighted by Crippen LogP contribution is -2.16. The highest BCUT2D eigenvalue weighted by molar-refractivity contribution is 5.69. The second-order valence-electron chi connectivity index (χ2n) is 5.14. The summed E-state index contributed by atoms with van der Waals surface area (Å²) in [6.07, 6.45) is 11.3. The van der Waals surface area contributed by atoms with Crippen LogP contribution in [0.4, 0.5) is 0 Å². The van der Waals surface area contributed by atoms with E-state index in [4.69, 9.17) is 10.5 Å². The third kappa shape index (κ3) is 7.37. The number of nitrogens with two attached hydrogens (primary N) is 1. The van der Waals surface area contributed by atoms with E-state index in [9.17, 15) is 4.79 Å². The number of carbonyl (C=O) groups is 1. The summed E-state index contributed by atoms with van der Waals surface area (Å²) in [4.78, 5) is 11.5. The first-order chi connectivity index (χ1) is 8.33. The van der Waals surface area contributed by atoms with Crippen molar-refractivity contribution in [3.8, 4) is 0 Å². The molecule has 0 atom stereocenters. The van der Waals surface area contributed by atoms with E-state index in [2.05, 4.69) is 0 Å². The highest BCUT2D eigenvalue weighted by atomic mass is 16.5. The predicted molar refractivity (Wildman–Crippen MR) is 69.7 cm³/mol. The van der Waals surface area contributed by atoms with Crippen LogP contribution in [0.25, 0.3) is 0 Å². The number of carbonyl (C=O) groups excluding carboxylic acids is 1. The molecule has 0 bridgehead atoms. The maximum atomic E-state index is 11.5. The third-order valence-corrected chi connectivity index (χ3v) is 3.54. The van der Waals surface area contributed by atoms with Gasteiger partial charge in [0.1, 0.15) is 0 Å². The predicted octanol–water partition coefficient (Wildman–Crippen LogP) is 3.02. The molecule has 100 valence electrons. The summed E-state index contributed by atoms with van der Waals surface area (Å²) in [6.45, 7) is 1.41. The molecule has 0 aliphatic heterocycles. The fourth-order valence-electron chi connectivity index (χ4n) is 2.40. The first-order valence-electron chi connectivity index (χ1n) is 7.18. The van der Waals surface area contributed by atoms with E-state index in [1.807, 2.05) is 0 Å². The summed E-state index contributed by atoms with van der Waals surface area (Å²) >= 11 is 0. The molecule has 0 aromatic carbocycles. The molecule has 0 aromatic heterocycles. The molecule has 0 heterocycles. The van der Waals surface area contributed by atoms with Crippen molar-refractivity contribution in [2.45, 2.75) is 64.2 Å². The van der Waals surface area contributed by atoms with Gasteiger partial charge >= 0.3 is 5.97 Å². The van der Waals surface area contributed by atoms with Crippen molar-refractivity contribution in [3.63, 3.8) is 0 Å². The van der Waals surface area contributed by atoms with Gasteiger partial charge in [-0.15, -0.1) is 0 Å². The van der Waals surface area contributed by atoms with Crippen LogP contribution in [0.1, 0.15) is 64.2 Å². The monoisotopic (exact) mass is 241 g/mol. The standard InChI is InChI=1S/C14H27NO2/c15-11-7-2-1-6-10-14(16)17-12-13-8-4-3-5-9-13/h13H,1-12,15H2. The number of unbranched alkanes of at least 4 members (excludes halogenated alkanes) is 3. The van der Waals surface area contributed by atoms with Crippen molar-refractivity contribution >= 4 is 5.97 Å². The maximum Gasteiger partial charge on any atom is 0.305 e. The van der Waals surface area contributed by atoms with Gasteiger partial charge in [-0.05, 0) is 38.1 Å². The quantitative estimate of drug-likeness (QED) is 0.525. The van der Waals surface area contributed by atoms with Gasteiger partial charge in [0.2, 0.25) is 0 Å². The third-order valence-electron chi connectivity index (χ3n) is 3.54. The van der Waals surface area contributed by atoms with E-state index in [-0.39, 0.29) is 5.97 Å². The molecule has 0 spiro atoms. The Balaban J connectivity index is 1.93. The van der Waals surface area contributed by atoms with Crippen molar-refractivity contribution in [1.29, 1.82) is 0 Å². The largest absolute Gasteiger partial charge is 0.465 e. The van der Waals surface area contributed by atoms with Crippen LogP contribution >= 0.6 is 0 Å². The number of hydrogen-bond acceptors (Lipinski definition) is 3. The fourth-order valence-corrected chi connectivity index (χ4v) is 2.40. The topological polar surface area (TPSA) is 52.3 Å². The van der Waals surface area contributed by atoms with Crippen LogP contribution in [0.15, 0.2) is 0 Å². The molecule has 0 aromatic rings. The Bertz CT molecular complexity index is 200. The molecule has 1 fully saturated rings. The van der Waals surface area contributed by atoms with Crippen LogP contribution in [-0.4, -0.2) is 19.1 Å². The van der Waals surface area contributed by atoms with Gasteiger partial charge in [0.25, 0.3) is 0 Å².